The van der Waals surface area contributed by atoms with E-state index in [0.29, 0.717) is 23.5 Å². The number of anilines is 1. The highest BCUT2D eigenvalue weighted by atomic mass is 16.2. The highest BCUT2D eigenvalue weighted by Gasteiger charge is 2.47. The maximum Gasteiger partial charge on any atom is 0.269 e. The molecule has 2 fully saturated rings. The number of carbonyl (C=O) groups excluding carboxylic acids is 3. The van der Waals surface area contributed by atoms with Crippen LogP contribution in [0.3, 0.4) is 0 Å². The van der Waals surface area contributed by atoms with Crippen molar-refractivity contribution in [3.05, 3.63) is 65.7 Å². The van der Waals surface area contributed by atoms with Gasteiger partial charge in [0, 0.05) is 37.0 Å². The average Bonchev–Trinajstić information content (AvgIpc) is 3.22. The fraction of sp³-hybridized carbons (Fsp3) is 0.400. The molecule has 1 aliphatic heterocycles. The number of benzene rings is 2. The van der Waals surface area contributed by atoms with Gasteiger partial charge in [0.15, 0.2) is 0 Å². The van der Waals surface area contributed by atoms with Crippen molar-refractivity contribution < 1.29 is 14.4 Å². The molecule has 2 N–H and O–H groups in total. The number of carbonyl (C=O) groups is 3. The predicted octanol–water partition coefficient (Wildman–Crippen LogP) is 2.99. The lowest BCUT2D eigenvalue weighted by Gasteiger charge is -2.33. The van der Waals surface area contributed by atoms with E-state index in [2.05, 4.69) is 10.9 Å². The molecule has 3 amide bonds. The highest BCUT2D eigenvalue weighted by molar-refractivity contribution is 6.00. The Labute approximate surface area is 188 Å². The zero-order chi connectivity index (χ0) is 22.7. The minimum Gasteiger partial charge on any atom is -0.378 e. The fourth-order valence-electron chi connectivity index (χ4n) is 4.92. The monoisotopic (exact) mass is 434 g/mol. The number of rotatable bonds is 4. The van der Waals surface area contributed by atoms with Crippen LogP contribution in [0.2, 0.25) is 0 Å². The first-order valence-electron chi connectivity index (χ1n) is 11.2. The number of fused-ring (bicyclic) bond motifs is 1. The van der Waals surface area contributed by atoms with Gasteiger partial charge < -0.3 is 9.80 Å². The summed E-state index contributed by atoms with van der Waals surface area (Å²) in [5.74, 6) is -0.538. The third kappa shape index (κ3) is 4.47. The van der Waals surface area contributed by atoms with Crippen molar-refractivity contribution in [2.24, 2.45) is 5.92 Å². The van der Waals surface area contributed by atoms with Crippen molar-refractivity contribution in [1.82, 2.24) is 15.8 Å². The molecule has 0 bridgehead atoms. The van der Waals surface area contributed by atoms with Gasteiger partial charge in [-0.2, -0.15) is 0 Å². The maximum atomic E-state index is 13.3. The highest BCUT2D eigenvalue weighted by Crippen LogP contribution is 2.40. The summed E-state index contributed by atoms with van der Waals surface area (Å²) in [6.07, 6.45) is 4.75. The molecule has 0 spiro atoms. The minimum atomic E-state index is -0.593. The summed E-state index contributed by atoms with van der Waals surface area (Å²) in [7, 11) is 3.80. The van der Waals surface area contributed by atoms with Gasteiger partial charge in [-0.1, -0.05) is 37.1 Å². The van der Waals surface area contributed by atoms with Crippen LogP contribution in [-0.2, 0) is 4.79 Å². The first kappa shape index (κ1) is 21.9. The van der Waals surface area contributed by atoms with Gasteiger partial charge in [-0.05, 0) is 55.5 Å². The average molecular weight is 435 g/mol. The number of amides is 3. The summed E-state index contributed by atoms with van der Waals surface area (Å²) in [5.41, 5.74) is 7.03. The smallest absolute Gasteiger partial charge is 0.269 e. The van der Waals surface area contributed by atoms with Gasteiger partial charge in [0.25, 0.3) is 17.7 Å². The summed E-state index contributed by atoms with van der Waals surface area (Å²) < 4.78 is 0. The van der Waals surface area contributed by atoms with Crippen LogP contribution in [0.15, 0.2) is 54.6 Å². The molecular weight excluding hydrogens is 404 g/mol. The van der Waals surface area contributed by atoms with E-state index in [1.165, 1.54) is 0 Å². The lowest BCUT2D eigenvalue weighted by molar-refractivity contribution is -0.126. The Morgan fingerprint density at radius 2 is 1.62 bits per heavy atom. The third-order valence-electron chi connectivity index (χ3n) is 6.57. The van der Waals surface area contributed by atoms with E-state index in [4.69, 9.17) is 0 Å². The maximum absolute atomic E-state index is 13.3. The number of likely N-dealkylation sites (tertiary alicyclic amines) is 1. The third-order valence-corrected chi connectivity index (χ3v) is 6.57. The molecule has 4 rings (SSSR count). The predicted molar refractivity (Wildman–Crippen MR) is 123 cm³/mol. The molecule has 7 nitrogen and oxygen atoms in total. The fourth-order valence-corrected chi connectivity index (χ4v) is 4.92. The minimum absolute atomic E-state index is 0.0691. The molecule has 3 atom stereocenters. The second-order valence-corrected chi connectivity index (χ2v) is 8.83. The van der Waals surface area contributed by atoms with Gasteiger partial charge in [-0.15, -0.1) is 0 Å². The van der Waals surface area contributed by atoms with Crippen molar-refractivity contribution in [3.8, 4) is 0 Å². The molecule has 3 unspecified atom stereocenters. The van der Waals surface area contributed by atoms with Crippen LogP contribution in [0, 0.1) is 5.92 Å². The Hall–Kier alpha value is -3.35. The Morgan fingerprint density at radius 3 is 2.38 bits per heavy atom. The normalized spacial score (nSPS) is 22.1. The molecule has 0 aromatic heterocycles. The summed E-state index contributed by atoms with van der Waals surface area (Å²) in [4.78, 5) is 42.7. The van der Waals surface area contributed by atoms with Crippen molar-refractivity contribution in [2.45, 2.75) is 44.2 Å². The van der Waals surface area contributed by atoms with Crippen LogP contribution in [0.5, 0.6) is 0 Å². The van der Waals surface area contributed by atoms with Crippen LogP contribution in [-0.4, -0.2) is 48.8 Å². The summed E-state index contributed by atoms with van der Waals surface area (Å²) in [6.45, 7) is 0. The van der Waals surface area contributed by atoms with Crippen molar-refractivity contribution in [1.29, 1.82) is 0 Å². The van der Waals surface area contributed by atoms with Crippen molar-refractivity contribution >= 4 is 23.4 Å². The lowest BCUT2D eigenvalue weighted by atomic mass is 9.84. The quantitative estimate of drug-likeness (QED) is 0.725. The first-order valence-corrected chi connectivity index (χ1v) is 11.2. The molecule has 1 saturated heterocycles. The molecule has 1 saturated carbocycles. The van der Waals surface area contributed by atoms with E-state index in [1.54, 1.807) is 35.2 Å². The van der Waals surface area contributed by atoms with E-state index in [1.807, 2.05) is 43.3 Å². The molecule has 2 aromatic rings. The summed E-state index contributed by atoms with van der Waals surface area (Å²) in [5, 5.41) is 0. The van der Waals surface area contributed by atoms with Gasteiger partial charge in [0.2, 0.25) is 0 Å². The van der Waals surface area contributed by atoms with Crippen LogP contribution in [0.1, 0.15) is 52.8 Å². The topological polar surface area (TPSA) is 81.8 Å². The van der Waals surface area contributed by atoms with Gasteiger partial charge in [-0.25, -0.2) is 0 Å². The Balaban J connectivity index is 1.48. The molecule has 2 aliphatic rings. The molecule has 0 radical (unpaired) electrons. The molecule has 7 heteroatoms. The molecule has 1 aliphatic carbocycles. The number of nitrogens with one attached hydrogen (secondary N) is 2. The lowest BCUT2D eigenvalue weighted by Crippen LogP contribution is -2.53. The zero-order valence-corrected chi connectivity index (χ0v) is 18.6. The first-order chi connectivity index (χ1) is 15.5. The Morgan fingerprint density at radius 1 is 0.906 bits per heavy atom. The largest absolute Gasteiger partial charge is 0.378 e. The van der Waals surface area contributed by atoms with Crippen LogP contribution < -0.4 is 15.8 Å². The second kappa shape index (κ2) is 9.42. The van der Waals surface area contributed by atoms with Crippen LogP contribution in [0.4, 0.5) is 5.69 Å². The number of hydrogen-bond donors (Lipinski definition) is 2. The number of nitrogens with zero attached hydrogens (tertiary/aromatic N) is 2. The Kier molecular flexibility index (Phi) is 6.44. The van der Waals surface area contributed by atoms with Gasteiger partial charge in [0.05, 0.1) is 0 Å². The van der Waals surface area contributed by atoms with Crippen molar-refractivity contribution in [2.75, 3.05) is 19.0 Å². The standard InChI is InChI=1S/C25H30N4O3/c1-28(2)20-13-8-12-19(15-20)23(30)26-27-24(31)22-16-18-11-6-7-14-21(18)29(22)25(32)17-9-4-3-5-10-17/h3-5,8-10,12-13,15,18,21-22H,6-7,11,14,16H2,1-2H3,(H,26,30)(H,27,31). The van der Waals surface area contributed by atoms with Gasteiger partial charge >= 0.3 is 0 Å². The number of hydrogen-bond acceptors (Lipinski definition) is 4. The van der Waals surface area contributed by atoms with E-state index in [9.17, 15) is 14.4 Å². The molecule has 32 heavy (non-hydrogen) atoms. The van der Waals surface area contributed by atoms with Crippen LogP contribution in [0.25, 0.3) is 0 Å². The van der Waals surface area contributed by atoms with E-state index < -0.39 is 11.9 Å². The number of hydrazine groups is 1. The van der Waals surface area contributed by atoms with Gasteiger partial charge in [-0.3, -0.25) is 25.2 Å². The molecule has 168 valence electrons. The zero-order valence-electron chi connectivity index (χ0n) is 18.6. The SMILES string of the molecule is CN(C)c1cccc(C(=O)NNC(=O)C2CC3CCCCC3N2C(=O)c2ccccc2)c1. The van der Waals surface area contributed by atoms with E-state index >= 15 is 0 Å². The molecule has 2 aromatic carbocycles. The van der Waals surface area contributed by atoms with E-state index in [0.717, 1.165) is 31.4 Å². The Bertz CT molecular complexity index is 992. The van der Waals surface area contributed by atoms with Gasteiger partial charge in [0.1, 0.15) is 6.04 Å². The molecule has 1 heterocycles. The summed E-state index contributed by atoms with van der Waals surface area (Å²) in [6, 6.07) is 15.7. The summed E-state index contributed by atoms with van der Waals surface area (Å²) >= 11 is 0. The van der Waals surface area contributed by atoms with E-state index in [-0.39, 0.29) is 17.9 Å². The second-order valence-electron chi connectivity index (χ2n) is 8.83. The molecular formula is C25H30N4O3. The van der Waals surface area contributed by atoms with Crippen molar-refractivity contribution in [3.63, 3.8) is 0 Å². The van der Waals surface area contributed by atoms with Crippen LogP contribution >= 0.6 is 0 Å².